The zero-order chi connectivity index (χ0) is 11.5. The number of nitrogens with one attached hydrogen (secondary N) is 1. The maximum Gasteiger partial charge on any atom is 0.140 e. The molecule has 0 amide bonds. The second-order valence-corrected chi connectivity index (χ2v) is 4.26. The fraction of sp³-hybridized carbons (Fsp3) is 0.500. The van der Waals surface area contributed by atoms with Crippen molar-refractivity contribution < 1.29 is 0 Å². The van der Waals surface area contributed by atoms with Gasteiger partial charge in [-0.25, -0.2) is 9.97 Å². The van der Waals surface area contributed by atoms with Crippen molar-refractivity contribution in [3.63, 3.8) is 0 Å². The molecule has 15 heavy (non-hydrogen) atoms. The number of nitrogens with zero attached hydrogens (tertiary/aromatic N) is 2. The van der Waals surface area contributed by atoms with E-state index in [-0.39, 0.29) is 5.41 Å². The first-order valence-corrected chi connectivity index (χ1v) is 5.36. The summed E-state index contributed by atoms with van der Waals surface area (Å²) in [6, 6.07) is 2.11. The van der Waals surface area contributed by atoms with E-state index < -0.39 is 0 Å². The number of hydrogen-bond acceptors (Lipinski definition) is 2. The van der Waals surface area contributed by atoms with Gasteiger partial charge in [0.05, 0.1) is 0 Å². The van der Waals surface area contributed by atoms with Gasteiger partial charge in [-0.05, 0) is 6.07 Å². The van der Waals surface area contributed by atoms with Crippen LogP contribution in [0.5, 0.6) is 0 Å². The molecule has 0 saturated heterocycles. The van der Waals surface area contributed by atoms with Gasteiger partial charge in [0.15, 0.2) is 0 Å². The molecule has 0 aliphatic rings. The van der Waals surface area contributed by atoms with Crippen molar-refractivity contribution in [2.45, 2.75) is 40.0 Å². The largest absolute Gasteiger partial charge is 0.343 e. The molecule has 0 unspecified atom stereocenters. The Hall–Kier alpha value is -1.38. The van der Waals surface area contributed by atoms with Crippen molar-refractivity contribution in [1.29, 1.82) is 0 Å². The molecule has 0 aromatic carbocycles. The van der Waals surface area contributed by atoms with E-state index in [1.807, 2.05) is 20.0 Å². The van der Waals surface area contributed by atoms with Crippen molar-refractivity contribution in [2.24, 2.45) is 0 Å². The van der Waals surface area contributed by atoms with Gasteiger partial charge in [-0.2, -0.15) is 0 Å². The van der Waals surface area contributed by atoms with Gasteiger partial charge in [0.25, 0.3) is 0 Å². The number of rotatable bonds is 0. The van der Waals surface area contributed by atoms with Crippen LogP contribution in [0.15, 0.2) is 18.6 Å². The summed E-state index contributed by atoms with van der Waals surface area (Å²) in [5.41, 5.74) is 2.25. The summed E-state index contributed by atoms with van der Waals surface area (Å²) in [5, 5.41) is 1.08. The molecule has 2 heterocycles. The summed E-state index contributed by atoms with van der Waals surface area (Å²) < 4.78 is 0. The first kappa shape index (κ1) is 11.7. The quantitative estimate of drug-likeness (QED) is 0.717. The Bertz CT molecular complexity index is 391. The maximum atomic E-state index is 4.15. The molecular weight excluding hydrogens is 186 g/mol. The molecule has 0 aliphatic heterocycles. The van der Waals surface area contributed by atoms with Crippen molar-refractivity contribution in [2.75, 3.05) is 0 Å². The number of fused-ring (bicyclic) bond motifs is 1. The van der Waals surface area contributed by atoms with E-state index in [0.29, 0.717) is 0 Å². The lowest BCUT2D eigenvalue weighted by Gasteiger charge is -2.15. The summed E-state index contributed by atoms with van der Waals surface area (Å²) in [5.74, 6) is 0. The number of aromatic nitrogens is 3. The Morgan fingerprint density at radius 1 is 1.20 bits per heavy atom. The zero-order valence-corrected chi connectivity index (χ0v) is 10.1. The molecule has 2 rings (SSSR count). The lowest BCUT2D eigenvalue weighted by molar-refractivity contribution is 0.574. The highest BCUT2D eigenvalue weighted by Gasteiger charge is 2.16. The zero-order valence-electron chi connectivity index (χ0n) is 10.1. The van der Waals surface area contributed by atoms with Gasteiger partial charge in [-0.15, -0.1) is 0 Å². The molecule has 3 nitrogen and oxygen atoms in total. The topological polar surface area (TPSA) is 41.6 Å². The van der Waals surface area contributed by atoms with Crippen LogP contribution in [0.2, 0.25) is 0 Å². The van der Waals surface area contributed by atoms with Gasteiger partial charge < -0.3 is 4.98 Å². The van der Waals surface area contributed by atoms with E-state index in [9.17, 15) is 0 Å². The molecule has 0 atom stereocenters. The van der Waals surface area contributed by atoms with Crippen LogP contribution in [0, 0.1) is 0 Å². The van der Waals surface area contributed by atoms with E-state index in [1.54, 1.807) is 6.33 Å². The van der Waals surface area contributed by atoms with E-state index in [2.05, 4.69) is 41.8 Å². The van der Waals surface area contributed by atoms with Crippen LogP contribution in [0.4, 0.5) is 0 Å². The minimum atomic E-state index is 0.140. The van der Waals surface area contributed by atoms with Crippen LogP contribution in [0.1, 0.15) is 40.3 Å². The highest BCUT2D eigenvalue weighted by atomic mass is 14.9. The fourth-order valence-electron chi connectivity index (χ4n) is 1.27. The van der Waals surface area contributed by atoms with Crippen molar-refractivity contribution in [1.82, 2.24) is 15.0 Å². The Balaban J connectivity index is 0.000000531. The van der Waals surface area contributed by atoms with Gasteiger partial charge in [0.2, 0.25) is 0 Å². The first-order chi connectivity index (χ1) is 7.07. The molecule has 0 spiro atoms. The third kappa shape index (κ3) is 2.55. The minimum absolute atomic E-state index is 0.140. The highest BCUT2D eigenvalue weighted by Crippen LogP contribution is 2.23. The monoisotopic (exact) mass is 205 g/mol. The van der Waals surface area contributed by atoms with E-state index >= 15 is 0 Å². The van der Waals surface area contributed by atoms with Crippen LogP contribution in [-0.2, 0) is 5.41 Å². The van der Waals surface area contributed by atoms with E-state index in [0.717, 1.165) is 11.0 Å². The number of hydrogen-bond donors (Lipinski definition) is 1. The standard InChI is InChI=1S/C10H13N3.C2H6/c1-10(2,3)8-4-7-5-11-6-12-9(7)13-8;1-2/h4-6H,1-3H3,(H,11,12,13);1-2H3. The maximum absolute atomic E-state index is 4.15. The second kappa shape index (κ2) is 4.43. The molecule has 1 N–H and O–H groups in total. The normalized spacial score (nSPS) is 11.0. The number of aromatic amines is 1. The van der Waals surface area contributed by atoms with Gasteiger partial charge in [0, 0.05) is 22.7 Å². The van der Waals surface area contributed by atoms with Crippen LogP contribution >= 0.6 is 0 Å². The second-order valence-electron chi connectivity index (χ2n) is 4.26. The molecule has 0 aliphatic carbocycles. The molecular formula is C12H19N3. The highest BCUT2D eigenvalue weighted by molar-refractivity contribution is 5.75. The smallest absolute Gasteiger partial charge is 0.140 e. The third-order valence-electron chi connectivity index (χ3n) is 2.10. The summed E-state index contributed by atoms with van der Waals surface area (Å²) in [6.07, 6.45) is 3.39. The van der Waals surface area contributed by atoms with Crippen molar-refractivity contribution >= 4 is 11.0 Å². The third-order valence-corrected chi connectivity index (χ3v) is 2.10. The Morgan fingerprint density at radius 3 is 2.40 bits per heavy atom. The Morgan fingerprint density at radius 2 is 1.87 bits per heavy atom. The van der Waals surface area contributed by atoms with E-state index in [4.69, 9.17) is 0 Å². The lowest BCUT2D eigenvalue weighted by Crippen LogP contribution is -2.11. The molecule has 3 heteroatoms. The Labute approximate surface area is 91.0 Å². The van der Waals surface area contributed by atoms with Crippen molar-refractivity contribution in [3.8, 4) is 0 Å². The van der Waals surface area contributed by atoms with Crippen LogP contribution in [-0.4, -0.2) is 15.0 Å². The van der Waals surface area contributed by atoms with E-state index in [1.165, 1.54) is 5.69 Å². The molecule has 0 radical (unpaired) electrons. The fourth-order valence-corrected chi connectivity index (χ4v) is 1.27. The summed E-state index contributed by atoms with van der Waals surface area (Å²) in [4.78, 5) is 11.4. The summed E-state index contributed by atoms with van der Waals surface area (Å²) in [7, 11) is 0. The molecule has 0 saturated carbocycles. The van der Waals surface area contributed by atoms with Gasteiger partial charge in [0.1, 0.15) is 12.0 Å². The predicted octanol–water partition coefficient (Wildman–Crippen LogP) is 3.28. The van der Waals surface area contributed by atoms with Crippen LogP contribution in [0.3, 0.4) is 0 Å². The molecule has 0 bridgehead atoms. The first-order valence-electron chi connectivity index (χ1n) is 5.36. The molecule has 82 valence electrons. The predicted molar refractivity (Wildman–Crippen MR) is 63.9 cm³/mol. The van der Waals surface area contributed by atoms with Crippen LogP contribution in [0.25, 0.3) is 11.0 Å². The lowest BCUT2D eigenvalue weighted by atomic mass is 9.92. The van der Waals surface area contributed by atoms with Crippen LogP contribution < -0.4 is 0 Å². The average Bonchev–Trinajstić information content (AvgIpc) is 2.63. The van der Waals surface area contributed by atoms with Gasteiger partial charge in [-0.3, -0.25) is 0 Å². The Kier molecular flexibility index (Phi) is 3.45. The van der Waals surface area contributed by atoms with Gasteiger partial charge >= 0.3 is 0 Å². The average molecular weight is 205 g/mol. The molecule has 2 aromatic heterocycles. The van der Waals surface area contributed by atoms with Gasteiger partial charge in [-0.1, -0.05) is 34.6 Å². The van der Waals surface area contributed by atoms with Crippen molar-refractivity contribution in [3.05, 3.63) is 24.3 Å². The molecule has 0 fully saturated rings. The SMILES string of the molecule is CC.CC(C)(C)c1cc2cncnc2[nH]1. The number of H-pyrrole nitrogens is 1. The summed E-state index contributed by atoms with van der Waals surface area (Å²) >= 11 is 0. The molecule has 2 aromatic rings. The summed E-state index contributed by atoms with van der Waals surface area (Å²) in [6.45, 7) is 10.5. The minimum Gasteiger partial charge on any atom is -0.343 e.